The van der Waals surface area contributed by atoms with E-state index in [1.807, 2.05) is 6.92 Å². The van der Waals surface area contributed by atoms with Gasteiger partial charge >= 0.3 is 0 Å². The van der Waals surface area contributed by atoms with E-state index in [1.54, 1.807) is 12.5 Å². The van der Waals surface area contributed by atoms with Gasteiger partial charge in [0.05, 0.1) is 5.88 Å². The summed E-state index contributed by atoms with van der Waals surface area (Å²) in [6.07, 6.45) is 3.34. The van der Waals surface area contributed by atoms with Gasteiger partial charge in [-0.05, 0) is 6.92 Å². The third-order valence-corrected chi connectivity index (χ3v) is 1.55. The quantitative estimate of drug-likeness (QED) is 0.540. The third-order valence-electron chi connectivity index (χ3n) is 1.04. The van der Waals surface area contributed by atoms with Crippen molar-refractivity contribution in [1.82, 2.24) is 5.32 Å². The Labute approximate surface area is 53.5 Å². The maximum absolute atomic E-state index is 5.52. The maximum atomic E-state index is 5.52. The minimum absolute atomic E-state index is 0.360. The number of ether oxygens (including phenoxy) is 1. The van der Waals surface area contributed by atoms with Crippen LogP contribution in [0.25, 0.3) is 0 Å². The van der Waals surface area contributed by atoms with Gasteiger partial charge in [-0.1, -0.05) is 0 Å². The van der Waals surface area contributed by atoms with E-state index in [1.165, 1.54) is 0 Å². The van der Waals surface area contributed by atoms with Gasteiger partial charge in [-0.2, -0.15) is 0 Å². The van der Waals surface area contributed by atoms with Gasteiger partial charge < -0.3 is 10.1 Å². The summed E-state index contributed by atoms with van der Waals surface area (Å²) in [4.78, 5) is 0. The molecule has 46 valence electrons. The van der Waals surface area contributed by atoms with E-state index < -0.39 is 0 Å². The molecular weight excluding hydrogens is 126 g/mol. The Balaban J connectivity index is 2.46. The summed E-state index contributed by atoms with van der Waals surface area (Å²) in [6.45, 7) is 1.89. The summed E-state index contributed by atoms with van der Waals surface area (Å²) < 4.78 is 5.07. The van der Waals surface area contributed by atoms with Gasteiger partial charge in [-0.3, -0.25) is 0 Å². The molecule has 0 saturated carbocycles. The zero-order valence-corrected chi connectivity index (χ0v) is 5.40. The van der Waals surface area contributed by atoms with Crippen LogP contribution in [-0.2, 0) is 4.74 Å². The lowest BCUT2D eigenvalue weighted by Gasteiger charge is -2.20. The topological polar surface area (TPSA) is 21.3 Å². The highest BCUT2D eigenvalue weighted by molar-refractivity contribution is 6.18. The second kappa shape index (κ2) is 1.86. The molecule has 1 aliphatic rings. The van der Waals surface area contributed by atoms with Crippen molar-refractivity contribution >= 4 is 11.6 Å². The Morgan fingerprint density at radius 2 is 2.62 bits per heavy atom. The Bertz CT molecular complexity index is 105. The van der Waals surface area contributed by atoms with Crippen molar-refractivity contribution in [2.45, 2.75) is 12.6 Å². The molecule has 8 heavy (non-hydrogen) atoms. The SMILES string of the molecule is CC1(CCl)NC=CO1. The molecule has 1 heterocycles. The molecular formula is C5H8ClNO. The third kappa shape index (κ3) is 0.892. The predicted molar refractivity (Wildman–Crippen MR) is 32.5 cm³/mol. The first-order chi connectivity index (χ1) is 3.77. The molecule has 0 aromatic rings. The van der Waals surface area contributed by atoms with Crippen molar-refractivity contribution < 1.29 is 4.74 Å². The van der Waals surface area contributed by atoms with Crippen LogP contribution < -0.4 is 5.32 Å². The van der Waals surface area contributed by atoms with Gasteiger partial charge in [0.15, 0.2) is 5.72 Å². The van der Waals surface area contributed by atoms with Gasteiger partial charge in [0.1, 0.15) is 6.26 Å². The van der Waals surface area contributed by atoms with Crippen LogP contribution in [0.2, 0.25) is 0 Å². The molecule has 0 aromatic carbocycles. The number of alkyl halides is 1. The molecule has 1 unspecified atom stereocenters. The lowest BCUT2D eigenvalue weighted by molar-refractivity contribution is 0.0663. The molecule has 1 aliphatic heterocycles. The molecule has 0 aliphatic carbocycles. The lowest BCUT2D eigenvalue weighted by Crippen LogP contribution is -2.38. The largest absolute Gasteiger partial charge is 0.473 e. The molecule has 1 rings (SSSR count). The first kappa shape index (κ1) is 5.76. The Kier molecular flexibility index (Phi) is 1.34. The molecule has 1 N–H and O–H groups in total. The first-order valence-electron chi connectivity index (χ1n) is 2.43. The van der Waals surface area contributed by atoms with Crippen LogP contribution in [0.15, 0.2) is 12.5 Å². The van der Waals surface area contributed by atoms with Crippen molar-refractivity contribution in [3.63, 3.8) is 0 Å². The van der Waals surface area contributed by atoms with Crippen molar-refractivity contribution in [3.8, 4) is 0 Å². The maximum Gasteiger partial charge on any atom is 0.190 e. The average molecular weight is 134 g/mol. The fourth-order valence-electron chi connectivity index (χ4n) is 0.499. The van der Waals surface area contributed by atoms with Crippen molar-refractivity contribution in [2.75, 3.05) is 5.88 Å². The van der Waals surface area contributed by atoms with Crippen molar-refractivity contribution in [1.29, 1.82) is 0 Å². The van der Waals surface area contributed by atoms with E-state index in [9.17, 15) is 0 Å². The number of nitrogens with one attached hydrogen (secondary N) is 1. The molecule has 0 radical (unpaired) electrons. The fourth-order valence-corrected chi connectivity index (χ4v) is 0.639. The molecule has 0 aromatic heterocycles. The van der Waals surface area contributed by atoms with E-state index in [0.29, 0.717) is 5.88 Å². The standard InChI is InChI=1S/C5H8ClNO/c1-5(4-6)7-2-3-8-5/h2-3,7H,4H2,1H3. The van der Waals surface area contributed by atoms with Crippen LogP contribution in [0.1, 0.15) is 6.92 Å². The molecule has 0 spiro atoms. The van der Waals surface area contributed by atoms with Crippen LogP contribution in [0.5, 0.6) is 0 Å². The summed E-state index contributed by atoms with van der Waals surface area (Å²) >= 11 is 5.52. The van der Waals surface area contributed by atoms with Crippen LogP contribution in [0.4, 0.5) is 0 Å². The van der Waals surface area contributed by atoms with Gasteiger partial charge in [0.2, 0.25) is 0 Å². The van der Waals surface area contributed by atoms with E-state index >= 15 is 0 Å². The summed E-state index contributed by atoms with van der Waals surface area (Å²) in [7, 11) is 0. The van der Waals surface area contributed by atoms with Gasteiger partial charge in [0.25, 0.3) is 0 Å². The van der Waals surface area contributed by atoms with Crippen molar-refractivity contribution in [2.24, 2.45) is 0 Å². The highest BCUT2D eigenvalue weighted by Gasteiger charge is 2.24. The second-order valence-electron chi connectivity index (χ2n) is 1.93. The minimum atomic E-state index is -0.360. The van der Waals surface area contributed by atoms with Crippen LogP contribution in [0, 0.1) is 0 Å². The molecule has 3 heteroatoms. The summed E-state index contributed by atoms with van der Waals surface area (Å²) in [5.74, 6) is 0.458. The normalized spacial score (nSPS) is 34.2. The van der Waals surface area contributed by atoms with Crippen LogP contribution in [0.3, 0.4) is 0 Å². The predicted octanol–water partition coefficient (Wildman–Crippen LogP) is 1.03. The average Bonchev–Trinajstić information content (AvgIpc) is 2.17. The number of halogens is 1. The minimum Gasteiger partial charge on any atom is -0.473 e. The molecule has 0 saturated heterocycles. The van der Waals surface area contributed by atoms with Crippen LogP contribution >= 0.6 is 11.6 Å². The molecule has 0 amide bonds. The number of rotatable bonds is 1. The monoisotopic (exact) mass is 133 g/mol. The Morgan fingerprint density at radius 1 is 1.88 bits per heavy atom. The summed E-state index contributed by atoms with van der Waals surface area (Å²) in [6, 6.07) is 0. The van der Waals surface area contributed by atoms with E-state index in [0.717, 1.165) is 0 Å². The zero-order valence-electron chi connectivity index (χ0n) is 4.65. The van der Waals surface area contributed by atoms with Crippen molar-refractivity contribution in [3.05, 3.63) is 12.5 Å². The van der Waals surface area contributed by atoms with E-state index in [4.69, 9.17) is 16.3 Å². The zero-order chi connectivity index (χ0) is 6.04. The van der Waals surface area contributed by atoms with Gasteiger partial charge in [-0.15, -0.1) is 11.6 Å². The van der Waals surface area contributed by atoms with Gasteiger partial charge in [0, 0.05) is 6.20 Å². The van der Waals surface area contributed by atoms with Crippen LogP contribution in [-0.4, -0.2) is 11.6 Å². The highest BCUT2D eigenvalue weighted by atomic mass is 35.5. The highest BCUT2D eigenvalue weighted by Crippen LogP contribution is 2.12. The van der Waals surface area contributed by atoms with Gasteiger partial charge in [-0.25, -0.2) is 0 Å². The Morgan fingerprint density at radius 3 is 2.88 bits per heavy atom. The molecule has 0 fully saturated rings. The lowest BCUT2D eigenvalue weighted by atomic mass is 10.3. The molecule has 1 atom stereocenters. The first-order valence-corrected chi connectivity index (χ1v) is 2.97. The second-order valence-corrected chi connectivity index (χ2v) is 2.20. The molecule has 2 nitrogen and oxygen atoms in total. The smallest absolute Gasteiger partial charge is 0.190 e. The number of hydrogen-bond donors (Lipinski definition) is 1. The summed E-state index contributed by atoms with van der Waals surface area (Å²) in [5.41, 5.74) is -0.360. The van der Waals surface area contributed by atoms with E-state index in [-0.39, 0.29) is 5.72 Å². The molecule has 0 bridgehead atoms. The number of hydrogen-bond acceptors (Lipinski definition) is 2. The fraction of sp³-hybridized carbons (Fsp3) is 0.600. The van der Waals surface area contributed by atoms with E-state index in [2.05, 4.69) is 5.32 Å². The summed E-state index contributed by atoms with van der Waals surface area (Å²) in [5, 5.41) is 2.95. The Hall–Kier alpha value is -0.370.